The lowest BCUT2D eigenvalue weighted by atomic mass is 9.79. The van der Waals surface area contributed by atoms with Crippen LogP contribution in [-0.2, 0) is 4.79 Å². The molecule has 1 saturated heterocycles. The molecule has 0 bridgehead atoms. The number of benzene rings is 1. The zero-order valence-corrected chi connectivity index (χ0v) is 19.0. The van der Waals surface area contributed by atoms with Crippen molar-refractivity contribution in [1.29, 1.82) is 0 Å². The summed E-state index contributed by atoms with van der Waals surface area (Å²) in [5, 5.41) is 10.3. The fourth-order valence-corrected chi connectivity index (χ4v) is 5.78. The summed E-state index contributed by atoms with van der Waals surface area (Å²) in [6.07, 6.45) is 8.07. The first-order chi connectivity index (χ1) is 15.5. The summed E-state index contributed by atoms with van der Waals surface area (Å²) >= 11 is 0. The number of ether oxygens (including phenoxy) is 1. The quantitative estimate of drug-likeness (QED) is 0.545. The zero-order chi connectivity index (χ0) is 22.5. The lowest BCUT2D eigenvalue weighted by molar-refractivity contribution is -0.139. The van der Waals surface area contributed by atoms with Crippen LogP contribution in [0.5, 0.6) is 5.75 Å². The van der Waals surface area contributed by atoms with Gasteiger partial charge in [-0.25, -0.2) is 4.39 Å². The maximum Gasteiger partial charge on any atom is 0.303 e. The normalized spacial score (nSPS) is 23.4. The van der Waals surface area contributed by atoms with Gasteiger partial charge in [0, 0.05) is 31.1 Å². The molecule has 2 fully saturated rings. The Kier molecular flexibility index (Phi) is 7.61. The van der Waals surface area contributed by atoms with Gasteiger partial charge < -0.3 is 14.7 Å². The van der Waals surface area contributed by atoms with Crippen LogP contribution in [0.15, 0.2) is 30.5 Å². The number of aliphatic carboxylic acids is 1. The number of rotatable bonds is 9. The Morgan fingerprint density at radius 3 is 2.81 bits per heavy atom. The van der Waals surface area contributed by atoms with Crippen LogP contribution in [0, 0.1) is 17.8 Å². The fourth-order valence-electron chi connectivity index (χ4n) is 5.78. The fraction of sp³-hybridized carbons (Fsp3) is 0.615. The third kappa shape index (κ3) is 5.58. The molecule has 1 aromatic heterocycles. The van der Waals surface area contributed by atoms with Crippen molar-refractivity contribution < 1.29 is 19.0 Å². The molecular weight excluding hydrogens is 407 g/mol. The highest BCUT2D eigenvalue weighted by Crippen LogP contribution is 2.37. The number of hydrogen-bond donors (Lipinski definition) is 1. The number of pyridine rings is 1. The van der Waals surface area contributed by atoms with E-state index in [0.29, 0.717) is 24.2 Å². The second kappa shape index (κ2) is 10.6. The van der Waals surface area contributed by atoms with E-state index in [1.807, 2.05) is 18.2 Å². The number of aromatic nitrogens is 1. The molecule has 0 amide bonds. The predicted octanol–water partition coefficient (Wildman–Crippen LogP) is 5.64. The molecule has 6 heteroatoms. The van der Waals surface area contributed by atoms with Gasteiger partial charge in [0.1, 0.15) is 11.9 Å². The van der Waals surface area contributed by atoms with Gasteiger partial charge in [-0.2, -0.15) is 0 Å². The number of nitrogens with zero attached hydrogens (tertiary/aromatic N) is 2. The number of carbonyl (C=O) groups is 1. The predicted molar refractivity (Wildman–Crippen MR) is 124 cm³/mol. The molecule has 1 aliphatic heterocycles. The monoisotopic (exact) mass is 442 g/mol. The summed E-state index contributed by atoms with van der Waals surface area (Å²) in [5.41, 5.74) is 1.40. The highest BCUT2D eigenvalue weighted by molar-refractivity contribution is 5.83. The Morgan fingerprint density at radius 2 is 2.06 bits per heavy atom. The number of alkyl halides is 1. The van der Waals surface area contributed by atoms with Gasteiger partial charge in [-0.15, -0.1) is 0 Å². The number of hydrogen-bond acceptors (Lipinski definition) is 4. The molecule has 5 nitrogen and oxygen atoms in total. The Hall–Kier alpha value is -2.21. The molecule has 2 aliphatic rings. The van der Waals surface area contributed by atoms with Crippen LogP contribution in [0.1, 0.15) is 63.1 Å². The molecule has 2 heterocycles. The summed E-state index contributed by atoms with van der Waals surface area (Å²) in [7, 11) is 1.60. The third-order valence-corrected chi connectivity index (χ3v) is 7.51. The zero-order valence-electron chi connectivity index (χ0n) is 19.0. The molecule has 0 radical (unpaired) electrons. The number of methoxy groups -OCH3 is 1. The number of piperidine rings is 1. The van der Waals surface area contributed by atoms with E-state index in [4.69, 9.17) is 4.74 Å². The number of fused-ring (bicyclic) bond motifs is 1. The minimum Gasteiger partial charge on any atom is -0.497 e. The lowest BCUT2D eigenvalue weighted by Gasteiger charge is -2.39. The van der Waals surface area contributed by atoms with Gasteiger partial charge in [-0.1, -0.05) is 12.8 Å². The maximum atomic E-state index is 15.4. The van der Waals surface area contributed by atoms with Gasteiger partial charge >= 0.3 is 5.97 Å². The standard InChI is InChI=1S/C26H35FN2O3/c1-32-21-7-9-25-23(15-21)22(10-12-28-25)24(27)8-6-19-11-13-29(16-18-4-2-3-5-18)17-20(19)14-26(30)31/h7,9-10,12,15,18-20,24H,2-6,8,11,13-14,16-17H2,1H3,(H,30,31)/t19-,20+,24-/m1/s1. The highest BCUT2D eigenvalue weighted by Gasteiger charge is 2.32. The third-order valence-electron chi connectivity index (χ3n) is 7.51. The Morgan fingerprint density at radius 1 is 1.25 bits per heavy atom. The van der Waals surface area contributed by atoms with E-state index < -0.39 is 12.1 Å². The van der Waals surface area contributed by atoms with E-state index in [1.54, 1.807) is 19.4 Å². The van der Waals surface area contributed by atoms with Gasteiger partial charge in [0.15, 0.2) is 0 Å². The minimum atomic E-state index is -1.10. The minimum absolute atomic E-state index is 0.101. The molecule has 32 heavy (non-hydrogen) atoms. The summed E-state index contributed by atoms with van der Waals surface area (Å²) < 4.78 is 20.7. The SMILES string of the molecule is COc1ccc2nccc([C@H](F)CC[C@@H]3CCN(CC4CCCC4)C[C@@H]3CC(=O)O)c2c1. The van der Waals surface area contributed by atoms with Crippen molar-refractivity contribution in [2.75, 3.05) is 26.7 Å². The molecule has 1 N–H and O–H groups in total. The van der Waals surface area contributed by atoms with Crippen LogP contribution in [0.4, 0.5) is 4.39 Å². The summed E-state index contributed by atoms with van der Waals surface area (Å²) in [4.78, 5) is 18.3. The van der Waals surface area contributed by atoms with Crippen molar-refractivity contribution >= 4 is 16.9 Å². The van der Waals surface area contributed by atoms with E-state index in [2.05, 4.69) is 9.88 Å². The first-order valence-corrected chi connectivity index (χ1v) is 12.0. The molecular formula is C26H35FN2O3. The van der Waals surface area contributed by atoms with Crippen molar-refractivity contribution in [2.45, 2.75) is 57.5 Å². The first kappa shape index (κ1) is 23.0. The number of carboxylic acids is 1. The number of carboxylic acid groups (broad SMARTS) is 1. The van der Waals surface area contributed by atoms with Crippen LogP contribution >= 0.6 is 0 Å². The van der Waals surface area contributed by atoms with Crippen molar-refractivity contribution in [3.05, 3.63) is 36.0 Å². The average Bonchev–Trinajstić information content (AvgIpc) is 3.30. The summed E-state index contributed by atoms with van der Waals surface area (Å²) in [6.45, 7) is 2.93. The molecule has 1 aliphatic carbocycles. The van der Waals surface area contributed by atoms with Crippen LogP contribution in [0.2, 0.25) is 0 Å². The average molecular weight is 443 g/mol. The number of likely N-dealkylation sites (tertiary alicyclic amines) is 1. The van der Waals surface area contributed by atoms with E-state index in [9.17, 15) is 9.90 Å². The summed E-state index contributed by atoms with van der Waals surface area (Å²) in [5.74, 6) is 1.07. The second-order valence-electron chi connectivity index (χ2n) is 9.64. The van der Waals surface area contributed by atoms with Crippen molar-refractivity contribution in [1.82, 2.24) is 9.88 Å². The van der Waals surface area contributed by atoms with Gasteiger partial charge in [-0.05, 0) is 86.2 Å². The van der Waals surface area contributed by atoms with E-state index in [1.165, 1.54) is 25.7 Å². The molecule has 174 valence electrons. The topological polar surface area (TPSA) is 62.7 Å². The molecule has 4 rings (SSSR count). The van der Waals surface area contributed by atoms with Crippen LogP contribution < -0.4 is 4.74 Å². The van der Waals surface area contributed by atoms with Crippen LogP contribution in [0.25, 0.3) is 10.9 Å². The summed E-state index contributed by atoms with van der Waals surface area (Å²) in [6, 6.07) is 7.29. The van der Waals surface area contributed by atoms with E-state index in [-0.39, 0.29) is 18.3 Å². The van der Waals surface area contributed by atoms with E-state index in [0.717, 1.165) is 42.9 Å². The van der Waals surface area contributed by atoms with Gasteiger partial charge in [-0.3, -0.25) is 9.78 Å². The molecule has 0 spiro atoms. The van der Waals surface area contributed by atoms with Crippen LogP contribution in [-0.4, -0.2) is 47.7 Å². The lowest BCUT2D eigenvalue weighted by Crippen LogP contribution is -2.43. The van der Waals surface area contributed by atoms with E-state index >= 15 is 4.39 Å². The number of halogens is 1. The molecule has 2 aromatic rings. The highest BCUT2D eigenvalue weighted by atomic mass is 19.1. The molecule has 3 atom stereocenters. The van der Waals surface area contributed by atoms with Crippen molar-refractivity contribution in [3.8, 4) is 5.75 Å². The Bertz CT molecular complexity index is 915. The Labute approximate surface area is 190 Å². The van der Waals surface area contributed by atoms with Gasteiger partial charge in [0.2, 0.25) is 0 Å². The second-order valence-corrected chi connectivity index (χ2v) is 9.64. The van der Waals surface area contributed by atoms with Gasteiger partial charge in [0.25, 0.3) is 0 Å². The van der Waals surface area contributed by atoms with Crippen LogP contribution in [0.3, 0.4) is 0 Å². The first-order valence-electron chi connectivity index (χ1n) is 12.0. The molecule has 1 saturated carbocycles. The van der Waals surface area contributed by atoms with Crippen molar-refractivity contribution in [2.24, 2.45) is 17.8 Å². The van der Waals surface area contributed by atoms with Gasteiger partial charge in [0.05, 0.1) is 12.6 Å². The van der Waals surface area contributed by atoms with Crippen molar-refractivity contribution in [3.63, 3.8) is 0 Å². The molecule has 0 unspecified atom stereocenters. The Balaban J connectivity index is 1.40. The molecule has 1 aromatic carbocycles. The maximum absolute atomic E-state index is 15.4. The largest absolute Gasteiger partial charge is 0.497 e. The smallest absolute Gasteiger partial charge is 0.303 e.